The van der Waals surface area contributed by atoms with Crippen LogP contribution < -0.4 is 5.56 Å². The van der Waals surface area contributed by atoms with E-state index in [0.717, 1.165) is 19.6 Å². The Hall–Kier alpha value is -3.22. The third-order valence-electron chi connectivity index (χ3n) is 6.09. The molecule has 0 saturated carbocycles. The van der Waals surface area contributed by atoms with Gasteiger partial charge < -0.3 is 4.90 Å². The number of nitrogens with zero attached hydrogens (tertiary/aromatic N) is 4. The lowest BCUT2D eigenvalue weighted by molar-refractivity contribution is -0.133. The molecule has 1 fully saturated rings. The highest BCUT2D eigenvalue weighted by atomic mass is 35.5. The van der Waals surface area contributed by atoms with E-state index in [1.807, 2.05) is 4.90 Å². The highest BCUT2D eigenvalue weighted by molar-refractivity contribution is 6.31. The Morgan fingerprint density at radius 3 is 2.56 bits per heavy atom. The maximum Gasteiger partial charge on any atom is 0.261 e. The average molecular weight is 447 g/mol. The van der Waals surface area contributed by atoms with Gasteiger partial charge in [-0.25, -0.2) is 4.98 Å². The van der Waals surface area contributed by atoms with Crippen LogP contribution in [0.4, 0.5) is 0 Å². The zero-order valence-electron chi connectivity index (χ0n) is 17.6. The molecule has 0 bridgehead atoms. The normalized spacial score (nSPS) is 14.8. The number of rotatable bonds is 4. The smallest absolute Gasteiger partial charge is 0.261 e. The molecule has 0 unspecified atom stereocenters. The highest BCUT2D eigenvalue weighted by Gasteiger charge is 2.22. The van der Waals surface area contributed by atoms with Gasteiger partial charge in [0.05, 0.1) is 17.2 Å². The van der Waals surface area contributed by atoms with Crippen LogP contribution in [0.15, 0.2) is 71.8 Å². The van der Waals surface area contributed by atoms with Crippen LogP contribution >= 0.6 is 11.6 Å². The molecule has 3 aromatic carbocycles. The second kappa shape index (κ2) is 8.73. The second-order valence-corrected chi connectivity index (χ2v) is 8.57. The number of piperazine rings is 1. The van der Waals surface area contributed by atoms with Gasteiger partial charge in [-0.3, -0.25) is 19.1 Å². The Kier molecular flexibility index (Phi) is 5.64. The SMILES string of the molecule is O=C(Cn1cnc2ccc(Cl)cc2c1=O)N1CCN(Cc2cccc3ccccc23)CC1. The van der Waals surface area contributed by atoms with Crippen LogP contribution in [0.2, 0.25) is 5.02 Å². The Labute approximate surface area is 190 Å². The number of carbonyl (C=O) groups is 1. The van der Waals surface area contributed by atoms with E-state index in [2.05, 4.69) is 52.3 Å². The molecule has 2 heterocycles. The first-order valence-corrected chi connectivity index (χ1v) is 11.1. The number of aromatic nitrogens is 2. The molecule has 7 heteroatoms. The van der Waals surface area contributed by atoms with Gasteiger partial charge in [-0.05, 0) is 34.5 Å². The van der Waals surface area contributed by atoms with Gasteiger partial charge in [-0.1, -0.05) is 54.1 Å². The summed E-state index contributed by atoms with van der Waals surface area (Å²) in [6, 6.07) is 19.8. The van der Waals surface area contributed by atoms with E-state index in [4.69, 9.17) is 11.6 Å². The first kappa shape index (κ1) is 20.7. The summed E-state index contributed by atoms with van der Waals surface area (Å²) in [5, 5.41) is 3.42. The van der Waals surface area contributed by atoms with Crippen molar-refractivity contribution in [3.05, 3.63) is 87.9 Å². The Balaban J connectivity index is 1.24. The Morgan fingerprint density at radius 1 is 0.938 bits per heavy atom. The van der Waals surface area contributed by atoms with E-state index in [-0.39, 0.29) is 18.0 Å². The van der Waals surface area contributed by atoms with Gasteiger partial charge in [-0.2, -0.15) is 0 Å². The van der Waals surface area contributed by atoms with E-state index in [9.17, 15) is 9.59 Å². The van der Waals surface area contributed by atoms with Crippen molar-refractivity contribution in [1.82, 2.24) is 19.4 Å². The Morgan fingerprint density at radius 2 is 1.72 bits per heavy atom. The van der Waals surface area contributed by atoms with Crippen molar-refractivity contribution < 1.29 is 4.79 Å². The molecule has 5 rings (SSSR count). The summed E-state index contributed by atoms with van der Waals surface area (Å²) in [6.45, 7) is 3.73. The second-order valence-electron chi connectivity index (χ2n) is 8.13. The standard InChI is InChI=1S/C25H23ClN4O2/c26-20-8-9-23-22(14-20)25(32)30(17-27-23)16-24(31)29-12-10-28(11-13-29)15-19-6-3-5-18-4-1-2-7-21(18)19/h1-9,14,17H,10-13,15-16H2. The number of amides is 1. The molecule has 6 nitrogen and oxygen atoms in total. The monoisotopic (exact) mass is 446 g/mol. The summed E-state index contributed by atoms with van der Waals surface area (Å²) >= 11 is 6.02. The van der Waals surface area contributed by atoms with Gasteiger partial charge in [0.2, 0.25) is 5.91 Å². The van der Waals surface area contributed by atoms with Crippen molar-refractivity contribution in [3.8, 4) is 0 Å². The maximum absolute atomic E-state index is 12.9. The number of hydrogen-bond acceptors (Lipinski definition) is 4. The Bertz CT molecular complexity index is 1350. The summed E-state index contributed by atoms with van der Waals surface area (Å²) in [6.07, 6.45) is 1.44. The molecule has 0 atom stereocenters. The lowest BCUT2D eigenvalue weighted by Crippen LogP contribution is -2.49. The predicted molar refractivity (Wildman–Crippen MR) is 127 cm³/mol. The average Bonchev–Trinajstić information content (AvgIpc) is 2.82. The van der Waals surface area contributed by atoms with Crippen LogP contribution in [0.1, 0.15) is 5.56 Å². The van der Waals surface area contributed by atoms with Crippen molar-refractivity contribution >= 4 is 39.2 Å². The zero-order valence-corrected chi connectivity index (χ0v) is 18.3. The number of halogens is 1. The summed E-state index contributed by atoms with van der Waals surface area (Å²) in [5.41, 5.74) is 1.63. The summed E-state index contributed by atoms with van der Waals surface area (Å²) in [4.78, 5) is 34.1. The molecular formula is C25H23ClN4O2. The van der Waals surface area contributed by atoms with Gasteiger partial charge in [0, 0.05) is 37.7 Å². The summed E-state index contributed by atoms with van der Waals surface area (Å²) in [7, 11) is 0. The molecular weight excluding hydrogens is 424 g/mol. The lowest BCUT2D eigenvalue weighted by Gasteiger charge is -2.35. The van der Waals surface area contributed by atoms with Crippen molar-refractivity contribution in [3.63, 3.8) is 0 Å². The van der Waals surface area contributed by atoms with Crippen LogP contribution in [0.5, 0.6) is 0 Å². The summed E-state index contributed by atoms with van der Waals surface area (Å²) in [5.74, 6) is -0.0694. The van der Waals surface area contributed by atoms with Gasteiger partial charge >= 0.3 is 0 Å². The largest absolute Gasteiger partial charge is 0.339 e. The van der Waals surface area contributed by atoms with E-state index in [1.165, 1.54) is 27.2 Å². The predicted octanol–water partition coefficient (Wildman–Crippen LogP) is 3.55. The number of carbonyl (C=O) groups excluding carboxylic acids is 1. The van der Waals surface area contributed by atoms with Gasteiger partial charge in [0.1, 0.15) is 6.54 Å². The number of hydrogen-bond donors (Lipinski definition) is 0. The minimum absolute atomic E-state index is 0.0163. The molecule has 32 heavy (non-hydrogen) atoms. The molecule has 1 aliphatic rings. The van der Waals surface area contributed by atoms with Crippen molar-refractivity contribution in [1.29, 1.82) is 0 Å². The number of benzene rings is 3. The molecule has 0 aliphatic carbocycles. The van der Waals surface area contributed by atoms with E-state index in [1.54, 1.807) is 18.2 Å². The van der Waals surface area contributed by atoms with Crippen LogP contribution in [0, 0.1) is 0 Å². The lowest BCUT2D eigenvalue weighted by atomic mass is 10.0. The van der Waals surface area contributed by atoms with Crippen LogP contribution in [-0.4, -0.2) is 51.4 Å². The molecule has 1 amide bonds. The maximum atomic E-state index is 12.9. The fraction of sp³-hybridized carbons (Fsp3) is 0.240. The highest BCUT2D eigenvalue weighted by Crippen LogP contribution is 2.20. The third kappa shape index (κ3) is 4.11. The number of fused-ring (bicyclic) bond motifs is 2. The van der Waals surface area contributed by atoms with E-state index >= 15 is 0 Å². The van der Waals surface area contributed by atoms with Crippen molar-refractivity contribution in [2.75, 3.05) is 26.2 Å². The first-order valence-electron chi connectivity index (χ1n) is 10.7. The minimum Gasteiger partial charge on any atom is -0.339 e. The molecule has 162 valence electrons. The molecule has 1 saturated heterocycles. The first-order chi connectivity index (χ1) is 15.6. The summed E-state index contributed by atoms with van der Waals surface area (Å²) < 4.78 is 1.36. The molecule has 1 aliphatic heterocycles. The molecule has 0 spiro atoms. The third-order valence-corrected chi connectivity index (χ3v) is 6.33. The fourth-order valence-electron chi connectivity index (χ4n) is 4.32. The van der Waals surface area contributed by atoms with E-state index in [0.29, 0.717) is 29.0 Å². The van der Waals surface area contributed by atoms with Crippen LogP contribution in [-0.2, 0) is 17.9 Å². The zero-order chi connectivity index (χ0) is 22.1. The molecule has 0 N–H and O–H groups in total. The van der Waals surface area contributed by atoms with Gasteiger partial charge in [-0.15, -0.1) is 0 Å². The van der Waals surface area contributed by atoms with Crippen molar-refractivity contribution in [2.24, 2.45) is 0 Å². The molecule has 1 aromatic heterocycles. The van der Waals surface area contributed by atoms with Crippen LogP contribution in [0.3, 0.4) is 0 Å². The van der Waals surface area contributed by atoms with Gasteiger partial charge in [0.25, 0.3) is 5.56 Å². The van der Waals surface area contributed by atoms with E-state index < -0.39 is 0 Å². The van der Waals surface area contributed by atoms with Crippen LogP contribution in [0.25, 0.3) is 21.7 Å². The quantitative estimate of drug-likeness (QED) is 0.481. The van der Waals surface area contributed by atoms with Gasteiger partial charge in [0.15, 0.2) is 0 Å². The topological polar surface area (TPSA) is 58.4 Å². The minimum atomic E-state index is -0.250. The fourth-order valence-corrected chi connectivity index (χ4v) is 4.49. The molecule has 4 aromatic rings. The molecule has 0 radical (unpaired) electrons. The van der Waals surface area contributed by atoms with Crippen molar-refractivity contribution in [2.45, 2.75) is 13.1 Å².